The number of benzene rings is 1. The average molecular weight is 334 g/mol. The topological polar surface area (TPSA) is 52.6 Å². The molecule has 3 rings (SSSR count). The highest BCUT2D eigenvalue weighted by molar-refractivity contribution is 7.99. The third kappa shape index (κ3) is 3.83. The second-order valence-corrected chi connectivity index (χ2v) is 7.85. The van der Waals surface area contributed by atoms with E-state index >= 15 is 0 Å². The van der Waals surface area contributed by atoms with Gasteiger partial charge in [0.25, 0.3) is 5.91 Å². The van der Waals surface area contributed by atoms with Gasteiger partial charge in [0.2, 0.25) is 0 Å². The number of aliphatic hydroxyl groups is 1. The number of amides is 1. The van der Waals surface area contributed by atoms with Crippen LogP contribution in [0, 0.1) is 0 Å². The van der Waals surface area contributed by atoms with Crippen molar-refractivity contribution < 1.29 is 9.90 Å². The normalized spacial score (nSPS) is 21.9. The van der Waals surface area contributed by atoms with Crippen LogP contribution in [0.15, 0.2) is 24.3 Å². The van der Waals surface area contributed by atoms with E-state index in [-0.39, 0.29) is 11.9 Å². The zero-order chi connectivity index (χ0) is 16.3. The molecule has 1 aromatic rings. The number of carbonyl (C=O) groups is 1. The molecule has 0 radical (unpaired) electrons. The molecule has 2 aliphatic rings. The first-order valence-electron chi connectivity index (χ1n) is 8.54. The Morgan fingerprint density at radius 2 is 2.00 bits per heavy atom. The fourth-order valence-electron chi connectivity index (χ4n) is 3.32. The number of nitrogens with one attached hydrogen (secondary N) is 1. The van der Waals surface area contributed by atoms with E-state index in [0.717, 1.165) is 30.2 Å². The average Bonchev–Trinajstić information content (AvgIpc) is 3.10. The number of anilines is 1. The quantitative estimate of drug-likeness (QED) is 0.889. The molecule has 23 heavy (non-hydrogen) atoms. The van der Waals surface area contributed by atoms with Gasteiger partial charge in [0.15, 0.2) is 0 Å². The summed E-state index contributed by atoms with van der Waals surface area (Å²) in [6.45, 7) is 4.21. The largest absolute Gasteiger partial charge is 0.380 e. The van der Waals surface area contributed by atoms with Crippen LogP contribution >= 0.6 is 11.8 Å². The van der Waals surface area contributed by atoms with E-state index in [2.05, 4.69) is 28.4 Å². The molecule has 1 atom stereocenters. The fraction of sp³-hybridized carbons (Fsp3) is 0.611. The Morgan fingerprint density at radius 1 is 1.30 bits per heavy atom. The Labute approximate surface area is 142 Å². The van der Waals surface area contributed by atoms with Crippen LogP contribution in [0.5, 0.6) is 0 Å². The maximum absolute atomic E-state index is 12.5. The zero-order valence-electron chi connectivity index (χ0n) is 13.8. The van der Waals surface area contributed by atoms with Gasteiger partial charge in [0.05, 0.1) is 6.04 Å². The van der Waals surface area contributed by atoms with Gasteiger partial charge in [-0.05, 0) is 61.8 Å². The standard InChI is InChI=1S/C18H26N2O2S/c1-14(19-17(21)18(22)7-11-23-12-8-18)15-5-4-6-16(13-15)20-9-2-3-10-20/h4-6,13-14,22H,2-3,7-12H2,1H3,(H,19,21). The molecule has 1 unspecified atom stereocenters. The molecule has 2 aliphatic heterocycles. The minimum atomic E-state index is -1.19. The lowest BCUT2D eigenvalue weighted by molar-refractivity contribution is -0.141. The van der Waals surface area contributed by atoms with Crippen molar-refractivity contribution in [2.75, 3.05) is 29.5 Å². The molecule has 0 spiro atoms. The molecule has 0 saturated carbocycles. The Hall–Kier alpha value is -1.20. The highest BCUT2D eigenvalue weighted by Crippen LogP contribution is 2.29. The molecular formula is C18H26N2O2S. The number of carbonyl (C=O) groups excluding carboxylic acids is 1. The van der Waals surface area contributed by atoms with E-state index in [0.29, 0.717) is 12.8 Å². The van der Waals surface area contributed by atoms with E-state index in [9.17, 15) is 9.90 Å². The third-order valence-corrected chi connectivity index (χ3v) is 5.92. The maximum atomic E-state index is 12.5. The summed E-state index contributed by atoms with van der Waals surface area (Å²) in [6, 6.07) is 8.30. The summed E-state index contributed by atoms with van der Waals surface area (Å²) >= 11 is 1.80. The lowest BCUT2D eigenvalue weighted by Crippen LogP contribution is -2.49. The monoisotopic (exact) mass is 334 g/mol. The summed E-state index contributed by atoms with van der Waals surface area (Å²) in [5.74, 6) is 1.47. The van der Waals surface area contributed by atoms with Gasteiger partial charge in [0.1, 0.15) is 5.60 Å². The Morgan fingerprint density at radius 3 is 2.70 bits per heavy atom. The second kappa shape index (κ2) is 7.14. The van der Waals surface area contributed by atoms with Crippen molar-refractivity contribution >= 4 is 23.4 Å². The van der Waals surface area contributed by atoms with Crippen molar-refractivity contribution in [3.05, 3.63) is 29.8 Å². The van der Waals surface area contributed by atoms with Crippen LogP contribution in [0.4, 0.5) is 5.69 Å². The van der Waals surface area contributed by atoms with E-state index in [4.69, 9.17) is 0 Å². The van der Waals surface area contributed by atoms with Gasteiger partial charge < -0.3 is 15.3 Å². The van der Waals surface area contributed by atoms with E-state index < -0.39 is 5.60 Å². The Kier molecular flexibility index (Phi) is 5.17. The predicted molar refractivity (Wildman–Crippen MR) is 96.0 cm³/mol. The molecule has 4 nitrogen and oxygen atoms in total. The summed E-state index contributed by atoms with van der Waals surface area (Å²) in [4.78, 5) is 14.9. The third-order valence-electron chi connectivity index (χ3n) is 4.93. The summed E-state index contributed by atoms with van der Waals surface area (Å²) in [7, 11) is 0. The first-order valence-corrected chi connectivity index (χ1v) is 9.70. The molecule has 5 heteroatoms. The lowest BCUT2D eigenvalue weighted by Gasteiger charge is -2.31. The molecule has 1 aromatic carbocycles. The minimum Gasteiger partial charge on any atom is -0.380 e. The van der Waals surface area contributed by atoms with Crippen LogP contribution in [0.2, 0.25) is 0 Å². The van der Waals surface area contributed by atoms with Crippen LogP contribution in [0.25, 0.3) is 0 Å². The summed E-state index contributed by atoms with van der Waals surface area (Å²) in [5, 5.41) is 13.5. The molecule has 0 aromatic heterocycles. The van der Waals surface area contributed by atoms with Gasteiger partial charge in [-0.3, -0.25) is 4.79 Å². The Balaban J connectivity index is 1.66. The number of nitrogens with zero attached hydrogens (tertiary/aromatic N) is 1. The van der Waals surface area contributed by atoms with Crippen LogP contribution in [-0.2, 0) is 4.79 Å². The number of rotatable bonds is 4. The van der Waals surface area contributed by atoms with Gasteiger partial charge in [-0.25, -0.2) is 0 Å². The van der Waals surface area contributed by atoms with Crippen molar-refractivity contribution in [3.8, 4) is 0 Å². The van der Waals surface area contributed by atoms with Crippen LogP contribution in [-0.4, -0.2) is 41.2 Å². The predicted octanol–water partition coefficient (Wildman–Crippen LogP) is 2.72. The van der Waals surface area contributed by atoms with Crippen molar-refractivity contribution in [2.45, 2.75) is 44.2 Å². The molecule has 2 saturated heterocycles. The van der Waals surface area contributed by atoms with Crippen molar-refractivity contribution in [2.24, 2.45) is 0 Å². The lowest BCUT2D eigenvalue weighted by atomic mass is 9.95. The molecule has 126 valence electrons. The molecule has 2 heterocycles. The van der Waals surface area contributed by atoms with Gasteiger partial charge in [-0.2, -0.15) is 11.8 Å². The molecule has 0 aliphatic carbocycles. The zero-order valence-corrected chi connectivity index (χ0v) is 14.6. The summed E-state index contributed by atoms with van der Waals surface area (Å²) in [6.07, 6.45) is 3.59. The van der Waals surface area contributed by atoms with Gasteiger partial charge >= 0.3 is 0 Å². The summed E-state index contributed by atoms with van der Waals surface area (Å²) < 4.78 is 0. The molecular weight excluding hydrogens is 308 g/mol. The molecule has 2 fully saturated rings. The SMILES string of the molecule is CC(NC(=O)C1(O)CCSCC1)c1cccc(N2CCCC2)c1. The fourth-order valence-corrected chi connectivity index (χ4v) is 4.48. The summed E-state index contributed by atoms with van der Waals surface area (Å²) in [5.41, 5.74) is 1.14. The molecule has 1 amide bonds. The smallest absolute Gasteiger partial charge is 0.252 e. The number of hydrogen-bond donors (Lipinski definition) is 2. The van der Waals surface area contributed by atoms with Crippen molar-refractivity contribution in [3.63, 3.8) is 0 Å². The van der Waals surface area contributed by atoms with Crippen molar-refractivity contribution in [1.82, 2.24) is 5.32 Å². The highest BCUT2D eigenvalue weighted by atomic mass is 32.2. The molecule has 0 bridgehead atoms. The van der Waals surface area contributed by atoms with E-state index in [1.807, 2.05) is 13.0 Å². The second-order valence-electron chi connectivity index (χ2n) is 6.63. The number of thioether (sulfide) groups is 1. The minimum absolute atomic E-state index is 0.0938. The molecule has 2 N–H and O–H groups in total. The van der Waals surface area contributed by atoms with Crippen molar-refractivity contribution in [1.29, 1.82) is 0 Å². The first kappa shape index (κ1) is 16.7. The Bertz CT molecular complexity index is 552. The van der Waals surface area contributed by atoms with Gasteiger partial charge in [-0.1, -0.05) is 12.1 Å². The van der Waals surface area contributed by atoms with E-state index in [1.54, 1.807) is 11.8 Å². The number of hydrogen-bond acceptors (Lipinski definition) is 4. The maximum Gasteiger partial charge on any atom is 0.252 e. The van der Waals surface area contributed by atoms with Crippen LogP contribution in [0.3, 0.4) is 0 Å². The highest BCUT2D eigenvalue weighted by Gasteiger charge is 2.37. The van der Waals surface area contributed by atoms with Crippen LogP contribution in [0.1, 0.15) is 44.2 Å². The van der Waals surface area contributed by atoms with Gasteiger partial charge in [0, 0.05) is 18.8 Å². The van der Waals surface area contributed by atoms with Gasteiger partial charge in [-0.15, -0.1) is 0 Å². The van der Waals surface area contributed by atoms with Crippen LogP contribution < -0.4 is 10.2 Å². The first-order chi connectivity index (χ1) is 11.1. The van der Waals surface area contributed by atoms with E-state index in [1.165, 1.54) is 18.5 Å².